The predicted octanol–water partition coefficient (Wildman–Crippen LogP) is 2.80. The molecule has 0 fully saturated rings. The van der Waals surface area contributed by atoms with Crippen molar-refractivity contribution in [2.45, 2.75) is 0 Å². The highest BCUT2D eigenvalue weighted by Crippen LogP contribution is 2.25. The summed E-state index contributed by atoms with van der Waals surface area (Å²) in [5.41, 5.74) is 0.690. The lowest BCUT2D eigenvalue weighted by atomic mass is 10.3. The maximum Gasteiger partial charge on any atom is 0.332 e. The molecule has 70 valence electrons. The van der Waals surface area contributed by atoms with Crippen LogP contribution in [0.2, 0.25) is 0 Å². The van der Waals surface area contributed by atoms with Gasteiger partial charge in [0.05, 0.1) is 5.69 Å². The molecular weight excluding hydrogens is 182 g/mol. The first-order chi connectivity index (χ1) is 6.86. The van der Waals surface area contributed by atoms with E-state index in [1.807, 2.05) is 18.2 Å². The number of azo groups is 1. The molecule has 0 bridgehead atoms. The zero-order chi connectivity index (χ0) is 9.80. The monoisotopic (exact) mass is 189 g/mol. The van der Waals surface area contributed by atoms with Gasteiger partial charge in [-0.25, -0.2) is 0 Å². The van der Waals surface area contributed by atoms with Crippen molar-refractivity contribution in [3.63, 3.8) is 0 Å². The quantitative estimate of drug-likeness (QED) is 0.738. The molecule has 1 heterocycles. The van der Waals surface area contributed by atoms with Crippen molar-refractivity contribution in [2.75, 3.05) is 0 Å². The molecule has 0 radical (unpaired) electrons. The molecule has 0 aliphatic carbocycles. The molecule has 0 aliphatic heterocycles. The number of aromatic nitrogens is 1. The van der Waals surface area contributed by atoms with Gasteiger partial charge in [0, 0.05) is 0 Å². The van der Waals surface area contributed by atoms with Crippen molar-refractivity contribution in [3.8, 4) is 5.95 Å². The fourth-order valence-electron chi connectivity index (χ4n) is 0.902. The highest BCUT2D eigenvalue weighted by atomic mass is 16.5. The van der Waals surface area contributed by atoms with Crippen molar-refractivity contribution in [3.05, 3.63) is 36.7 Å². The molecular formula is C9H7N3O2. The summed E-state index contributed by atoms with van der Waals surface area (Å²) in [6.45, 7) is 0. The number of rotatable bonds is 2. The highest BCUT2D eigenvalue weighted by Gasteiger charge is 2.03. The normalized spacial score (nSPS) is 10.9. The maximum atomic E-state index is 9.05. The van der Waals surface area contributed by atoms with E-state index in [4.69, 9.17) is 5.11 Å². The Hall–Kier alpha value is -2.17. The molecule has 1 N–H and O–H groups in total. The van der Waals surface area contributed by atoms with Gasteiger partial charge in [0.15, 0.2) is 6.39 Å². The van der Waals surface area contributed by atoms with Gasteiger partial charge >= 0.3 is 5.95 Å². The van der Waals surface area contributed by atoms with E-state index in [0.29, 0.717) is 5.69 Å². The molecule has 2 rings (SSSR count). The smallest absolute Gasteiger partial charge is 0.332 e. The minimum atomic E-state index is -0.329. The predicted molar refractivity (Wildman–Crippen MR) is 48.8 cm³/mol. The topological polar surface area (TPSA) is 71.0 Å². The zero-order valence-corrected chi connectivity index (χ0v) is 7.16. The van der Waals surface area contributed by atoms with E-state index in [2.05, 4.69) is 19.6 Å². The SMILES string of the molecule is Oc1ocnc1N=Nc1ccccc1. The average Bonchev–Trinajstić information content (AvgIpc) is 2.63. The molecule has 0 aliphatic rings. The molecule has 5 heteroatoms. The van der Waals surface area contributed by atoms with Gasteiger partial charge in [-0.3, -0.25) is 0 Å². The van der Waals surface area contributed by atoms with E-state index < -0.39 is 0 Å². The average molecular weight is 189 g/mol. The van der Waals surface area contributed by atoms with E-state index in [1.165, 1.54) is 0 Å². The Morgan fingerprint density at radius 1 is 1.14 bits per heavy atom. The van der Waals surface area contributed by atoms with Crippen LogP contribution in [0.15, 0.2) is 51.4 Å². The minimum absolute atomic E-state index is 0.0776. The summed E-state index contributed by atoms with van der Waals surface area (Å²) < 4.78 is 4.54. The third-order valence-electron chi connectivity index (χ3n) is 1.55. The Balaban J connectivity index is 2.20. The van der Waals surface area contributed by atoms with E-state index in [1.54, 1.807) is 12.1 Å². The van der Waals surface area contributed by atoms with Gasteiger partial charge in [-0.15, -0.1) is 10.2 Å². The second-order valence-electron chi connectivity index (χ2n) is 2.52. The second-order valence-corrected chi connectivity index (χ2v) is 2.52. The summed E-state index contributed by atoms with van der Waals surface area (Å²) >= 11 is 0. The molecule has 0 unspecified atom stereocenters. The van der Waals surface area contributed by atoms with Crippen LogP contribution in [0.3, 0.4) is 0 Å². The molecule has 14 heavy (non-hydrogen) atoms. The van der Waals surface area contributed by atoms with Gasteiger partial charge in [-0.1, -0.05) is 18.2 Å². The fraction of sp³-hybridized carbons (Fsp3) is 0. The second kappa shape index (κ2) is 3.69. The van der Waals surface area contributed by atoms with Gasteiger partial charge in [0.25, 0.3) is 5.82 Å². The summed E-state index contributed by atoms with van der Waals surface area (Å²) in [6, 6.07) is 9.15. The van der Waals surface area contributed by atoms with Gasteiger partial charge in [-0.2, -0.15) is 4.98 Å². The molecule has 0 saturated carbocycles. The van der Waals surface area contributed by atoms with Crippen molar-refractivity contribution in [1.82, 2.24) is 4.98 Å². The Bertz CT molecular complexity index is 436. The van der Waals surface area contributed by atoms with Crippen molar-refractivity contribution < 1.29 is 9.52 Å². The first-order valence-corrected chi connectivity index (χ1v) is 3.95. The zero-order valence-electron chi connectivity index (χ0n) is 7.16. The summed E-state index contributed by atoms with van der Waals surface area (Å²) in [4.78, 5) is 3.65. The van der Waals surface area contributed by atoms with Crippen LogP contribution in [0.1, 0.15) is 0 Å². The van der Waals surface area contributed by atoms with Crippen molar-refractivity contribution in [1.29, 1.82) is 0 Å². The van der Waals surface area contributed by atoms with Gasteiger partial charge in [0.1, 0.15) is 0 Å². The largest absolute Gasteiger partial charge is 0.478 e. The summed E-state index contributed by atoms with van der Waals surface area (Å²) in [5, 5.41) is 16.6. The van der Waals surface area contributed by atoms with Crippen LogP contribution >= 0.6 is 0 Å². The van der Waals surface area contributed by atoms with Gasteiger partial charge < -0.3 is 9.52 Å². The third kappa shape index (κ3) is 1.77. The Morgan fingerprint density at radius 2 is 1.93 bits per heavy atom. The van der Waals surface area contributed by atoms with Crippen LogP contribution in [0.5, 0.6) is 5.95 Å². The molecule has 0 saturated heterocycles. The first kappa shape index (κ1) is 8.43. The molecule has 0 amide bonds. The van der Waals surface area contributed by atoms with E-state index in [0.717, 1.165) is 6.39 Å². The first-order valence-electron chi connectivity index (χ1n) is 3.95. The van der Waals surface area contributed by atoms with Crippen LogP contribution in [0.25, 0.3) is 0 Å². The van der Waals surface area contributed by atoms with Crippen LogP contribution in [0.4, 0.5) is 11.5 Å². The number of hydrogen-bond donors (Lipinski definition) is 1. The lowest BCUT2D eigenvalue weighted by molar-refractivity contribution is 0.333. The molecule has 0 spiro atoms. The van der Waals surface area contributed by atoms with Gasteiger partial charge in [0.2, 0.25) is 0 Å². The summed E-state index contributed by atoms with van der Waals surface area (Å²) in [7, 11) is 0. The Labute approximate surface area is 79.7 Å². The number of aromatic hydroxyl groups is 1. The maximum absolute atomic E-state index is 9.05. The fourth-order valence-corrected chi connectivity index (χ4v) is 0.902. The Morgan fingerprint density at radius 3 is 2.57 bits per heavy atom. The van der Waals surface area contributed by atoms with Gasteiger partial charge in [-0.05, 0) is 12.1 Å². The number of nitrogens with zero attached hydrogens (tertiary/aromatic N) is 3. The van der Waals surface area contributed by atoms with Crippen LogP contribution in [-0.4, -0.2) is 10.1 Å². The Kier molecular flexibility index (Phi) is 2.22. The summed E-state index contributed by atoms with van der Waals surface area (Å²) in [5.74, 6) is -0.251. The van der Waals surface area contributed by atoms with Crippen LogP contribution in [-0.2, 0) is 0 Å². The molecule has 1 aromatic carbocycles. The lowest BCUT2D eigenvalue weighted by Gasteiger charge is -1.88. The van der Waals surface area contributed by atoms with Crippen LogP contribution < -0.4 is 0 Å². The number of benzene rings is 1. The molecule has 1 aromatic heterocycles. The van der Waals surface area contributed by atoms with E-state index in [9.17, 15) is 0 Å². The van der Waals surface area contributed by atoms with Crippen LogP contribution in [0, 0.1) is 0 Å². The van der Waals surface area contributed by atoms with E-state index >= 15 is 0 Å². The van der Waals surface area contributed by atoms with E-state index in [-0.39, 0.29) is 11.8 Å². The molecule has 0 atom stereocenters. The number of hydrogen-bond acceptors (Lipinski definition) is 5. The minimum Gasteiger partial charge on any atom is -0.478 e. The van der Waals surface area contributed by atoms with Crippen molar-refractivity contribution in [2.24, 2.45) is 10.2 Å². The molecule has 5 nitrogen and oxygen atoms in total. The molecule has 2 aromatic rings. The number of oxazole rings is 1. The van der Waals surface area contributed by atoms with Crippen molar-refractivity contribution >= 4 is 11.5 Å². The highest BCUT2D eigenvalue weighted by molar-refractivity contribution is 5.38. The third-order valence-corrected chi connectivity index (χ3v) is 1.55. The standard InChI is InChI=1S/C9H7N3O2/c13-9-8(10-6-14-9)12-11-7-4-2-1-3-5-7/h1-6,13H. The summed E-state index contributed by atoms with van der Waals surface area (Å²) in [6.07, 6.45) is 1.11. The lowest BCUT2D eigenvalue weighted by Crippen LogP contribution is -1.63.